The fourth-order valence-electron chi connectivity index (χ4n) is 4.20. The van der Waals surface area contributed by atoms with Gasteiger partial charge in [0.25, 0.3) is 0 Å². The normalized spacial score (nSPS) is 29.5. The van der Waals surface area contributed by atoms with Gasteiger partial charge in [0.05, 0.1) is 0 Å². The zero-order chi connectivity index (χ0) is 11.5. The fraction of sp³-hybridized carbons (Fsp3) is 0.500. The molecular formula is C16H18S. The molecule has 1 heteroatoms. The third-order valence-electron chi connectivity index (χ3n) is 4.88. The van der Waals surface area contributed by atoms with Gasteiger partial charge in [-0.2, -0.15) is 11.3 Å². The summed E-state index contributed by atoms with van der Waals surface area (Å²) in [6, 6.07) is 2.29. The van der Waals surface area contributed by atoms with E-state index in [1.807, 2.05) is 11.3 Å². The van der Waals surface area contributed by atoms with Gasteiger partial charge in [0.2, 0.25) is 0 Å². The number of allylic oxidation sites excluding steroid dienone is 4. The van der Waals surface area contributed by atoms with Gasteiger partial charge in [0.1, 0.15) is 0 Å². The SMILES string of the molecule is CC1C=C(c2ccsc2)C2=C1C21CCCCC1. The van der Waals surface area contributed by atoms with Crippen LogP contribution >= 0.6 is 11.3 Å². The topological polar surface area (TPSA) is 0 Å². The van der Waals surface area contributed by atoms with Gasteiger partial charge in [0, 0.05) is 5.41 Å². The van der Waals surface area contributed by atoms with E-state index in [2.05, 4.69) is 29.8 Å². The Morgan fingerprint density at radius 2 is 2.06 bits per heavy atom. The van der Waals surface area contributed by atoms with Crippen LogP contribution < -0.4 is 0 Å². The van der Waals surface area contributed by atoms with E-state index in [9.17, 15) is 0 Å². The van der Waals surface area contributed by atoms with Gasteiger partial charge in [-0.3, -0.25) is 0 Å². The maximum atomic E-state index is 2.49. The summed E-state index contributed by atoms with van der Waals surface area (Å²) in [4.78, 5) is 0. The number of rotatable bonds is 1. The van der Waals surface area contributed by atoms with Crippen molar-refractivity contribution in [1.82, 2.24) is 0 Å². The highest BCUT2D eigenvalue weighted by atomic mass is 32.1. The molecule has 0 radical (unpaired) electrons. The van der Waals surface area contributed by atoms with Crippen LogP contribution in [0.25, 0.3) is 5.57 Å². The largest absolute Gasteiger partial charge is 0.152 e. The van der Waals surface area contributed by atoms with Gasteiger partial charge in [-0.25, -0.2) is 0 Å². The van der Waals surface area contributed by atoms with Crippen LogP contribution in [0, 0.1) is 11.3 Å². The molecule has 0 nitrogen and oxygen atoms in total. The number of fused-ring (bicyclic) bond motifs is 2. The number of hydrogen-bond donors (Lipinski definition) is 0. The van der Waals surface area contributed by atoms with Crippen molar-refractivity contribution >= 4 is 16.9 Å². The highest BCUT2D eigenvalue weighted by Gasteiger charge is 2.57. The molecule has 1 fully saturated rings. The highest BCUT2D eigenvalue weighted by Crippen LogP contribution is 2.71. The van der Waals surface area contributed by atoms with Crippen LogP contribution in [0.4, 0.5) is 0 Å². The van der Waals surface area contributed by atoms with Crippen LogP contribution in [-0.2, 0) is 0 Å². The minimum absolute atomic E-state index is 0.573. The van der Waals surface area contributed by atoms with E-state index in [1.165, 1.54) is 37.7 Å². The quantitative estimate of drug-likeness (QED) is 0.647. The first kappa shape index (κ1) is 10.1. The third-order valence-corrected chi connectivity index (χ3v) is 5.56. The van der Waals surface area contributed by atoms with Gasteiger partial charge >= 0.3 is 0 Å². The lowest BCUT2D eigenvalue weighted by Crippen LogP contribution is -2.17. The van der Waals surface area contributed by atoms with Crippen molar-refractivity contribution in [2.75, 3.05) is 0 Å². The average molecular weight is 242 g/mol. The fourth-order valence-corrected chi connectivity index (χ4v) is 4.85. The Hall–Kier alpha value is -0.820. The Balaban J connectivity index is 1.72. The summed E-state index contributed by atoms with van der Waals surface area (Å²) < 4.78 is 0. The molecule has 1 aromatic rings. The summed E-state index contributed by atoms with van der Waals surface area (Å²) in [6.45, 7) is 2.39. The Kier molecular flexibility index (Phi) is 2.00. The van der Waals surface area contributed by atoms with Gasteiger partial charge in [-0.15, -0.1) is 0 Å². The summed E-state index contributed by atoms with van der Waals surface area (Å²) in [6.07, 6.45) is 9.70. The second-order valence-corrected chi connectivity index (χ2v) is 6.59. The summed E-state index contributed by atoms with van der Waals surface area (Å²) in [7, 11) is 0. The zero-order valence-electron chi connectivity index (χ0n) is 10.3. The predicted octanol–water partition coefficient (Wildman–Crippen LogP) is 5.04. The first-order chi connectivity index (χ1) is 8.33. The molecule has 0 N–H and O–H groups in total. The van der Waals surface area contributed by atoms with E-state index in [0.717, 1.165) is 0 Å². The van der Waals surface area contributed by atoms with Crippen molar-refractivity contribution < 1.29 is 0 Å². The maximum Gasteiger partial charge on any atom is 0.0180 e. The first-order valence-corrected chi connectivity index (χ1v) is 7.77. The van der Waals surface area contributed by atoms with Crippen LogP contribution in [0.2, 0.25) is 0 Å². The molecule has 0 amide bonds. The molecule has 1 aromatic heterocycles. The van der Waals surface area contributed by atoms with E-state index in [-0.39, 0.29) is 0 Å². The van der Waals surface area contributed by atoms with Crippen molar-refractivity contribution in [2.24, 2.45) is 11.3 Å². The van der Waals surface area contributed by atoms with Crippen LogP contribution in [-0.4, -0.2) is 0 Å². The lowest BCUT2D eigenvalue weighted by molar-refractivity contribution is 0.343. The third kappa shape index (κ3) is 1.24. The molecule has 3 aliphatic carbocycles. The summed E-state index contributed by atoms with van der Waals surface area (Å²) >= 11 is 1.82. The van der Waals surface area contributed by atoms with Crippen LogP contribution in [0.1, 0.15) is 44.6 Å². The monoisotopic (exact) mass is 242 g/mol. The summed E-state index contributed by atoms with van der Waals surface area (Å²) in [5.74, 6) is 0.706. The molecule has 0 aromatic carbocycles. The van der Waals surface area contributed by atoms with Crippen LogP contribution in [0.3, 0.4) is 0 Å². The standard InChI is InChI=1S/C16H18S/c1-11-9-13(12-5-8-17-10-12)15-14(11)16(15)6-3-2-4-7-16/h5,8-11H,2-4,6-7H2,1H3. The smallest absolute Gasteiger partial charge is 0.0180 e. The molecule has 0 aliphatic heterocycles. The molecular weight excluding hydrogens is 224 g/mol. The van der Waals surface area contributed by atoms with Crippen molar-refractivity contribution in [3.05, 3.63) is 39.6 Å². The van der Waals surface area contributed by atoms with Gasteiger partial charge in [0.15, 0.2) is 0 Å². The zero-order valence-corrected chi connectivity index (χ0v) is 11.1. The first-order valence-electron chi connectivity index (χ1n) is 6.83. The summed E-state index contributed by atoms with van der Waals surface area (Å²) in [5, 5.41) is 4.51. The molecule has 1 unspecified atom stereocenters. The predicted molar refractivity (Wildman–Crippen MR) is 74.0 cm³/mol. The second-order valence-electron chi connectivity index (χ2n) is 5.81. The van der Waals surface area contributed by atoms with E-state index < -0.39 is 0 Å². The second kappa shape index (κ2) is 3.35. The molecule has 1 heterocycles. The Morgan fingerprint density at radius 3 is 2.76 bits per heavy atom. The van der Waals surface area contributed by atoms with Crippen LogP contribution in [0.5, 0.6) is 0 Å². The number of thiophene rings is 1. The molecule has 3 aliphatic rings. The van der Waals surface area contributed by atoms with Crippen molar-refractivity contribution in [3.8, 4) is 0 Å². The van der Waals surface area contributed by atoms with Gasteiger partial charge < -0.3 is 0 Å². The van der Waals surface area contributed by atoms with E-state index in [0.29, 0.717) is 11.3 Å². The molecule has 4 rings (SSSR count). The molecule has 1 spiro atoms. The summed E-state index contributed by atoms with van der Waals surface area (Å²) in [5.41, 5.74) is 7.18. The van der Waals surface area contributed by atoms with Crippen molar-refractivity contribution in [2.45, 2.75) is 39.0 Å². The minimum atomic E-state index is 0.573. The van der Waals surface area contributed by atoms with E-state index in [1.54, 1.807) is 16.7 Å². The Labute approximate surface area is 107 Å². The van der Waals surface area contributed by atoms with Crippen LogP contribution in [0.15, 0.2) is 34.0 Å². The van der Waals surface area contributed by atoms with Crippen molar-refractivity contribution in [3.63, 3.8) is 0 Å². The lowest BCUT2D eigenvalue weighted by Gasteiger charge is -2.29. The van der Waals surface area contributed by atoms with Crippen molar-refractivity contribution in [1.29, 1.82) is 0 Å². The molecule has 17 heavy (non-hydrogen) atoms. The maximum absolute atomic E-state index is 2.49. The molecule has 1 atom stereocenters. The van der Waals surface area contributed by atoms with Gasteiger partial charge in [-0.05, 0) is 57.9 Å². The molecule has 0 bridgehead atoms. The van der Waals surface area contributed by atoms with Gasteiger partial charge in [-0.1, -0.05) is 32.3 Å². The lowest BCUT2D eigenvalue weighted by atomic mass is 9.75. The highest BCUT2D eigenvalue weighted by molar-refractivity contribution is 7.08. The Morgan fingerprint density at radius 1 is 1.24 bits per heavy atom. The Bertz CT molecular complexity index is 510. The minimum Gasteiger partial charge on any atom is -0.152 e. The molecule has 88 valence electrons. The molecule has 1 saturated carbocycles. The average Bonchev–Trinajstić information content (AvgIpc) is 2.77. The van der Waals surface area contributed by atoms with E-state index in [4.69, 9.17) is 0 Å². The molecule has 0 saturated heterocycles. The number of hydrogen-bond acceptors (Lipinski definition) is 1. The van der Waals surface area contributed by atoms with E-state index >= 15 is 0 Å².